The van der Waals surface area contributed by atoms with Crippen LogP contribution < -0.4 is 5.32 Å². The van der Waals surface area contributed by atoms with E-state index in [1.54, 1.807) is 6.20 Å². The predicted octanol–water partition coefficient (Wildman–Crippen LogP) is 1.79. The van der Waals surface area contributed by atoms with E-state index < -0.39 is 0 Å². The van der Waals surface area contributed by atoms with E-state index in [2.05, 4.69) is 18.0 Å². The fourth-order valence-corrected chi connectivity index (χ4v) is 0.933. The molecule has 0 saturated heterocycles. The van der Waals surface area contributed by atoms with Crippen molar-refractivity contribution in [2.45, 2.75) is 19.3 Å². The van der Waals surface area contributed by atoms with E-state index in [4.69, 9.17) is 0 Å². The van der Waals surface area contributed by atoms with Crippen molar-refractivity contribution >= 4 is 0 Å². The SMILES string of the molecule is C=CNC1=CCCC1. The third-order valence-corrected chi connectivity index (χ3v) is 1.33. The van der Waals surface area contributed by atoms with E-state index in [-0.39, 0.29) is 0 Å². The second-order valence-corrected chi connectivity index (χ2v) is 1.97. The molecule has 0 aromatic rings. The first-order valence-corrected chi connectivity index (χ1v) is 3.00. The Morgan fingerprint density at radius 2 is 2.62 bits per heavy atom. The van der Waals surface area contributed by atoms with Gasteiger partial charge in [-0.05, 0) is 25.5 Å². The van der Waals surface area contributed by atoms with Crippen LogP contribution in [0.25, 0.3) is 0 Å². The van der Waals surface area contributed by atoms with Crippen LogP contribution in [-0.2, 0) is 0 Å². The molecule has 0 radical (unpaired) electrons. The van der Waals surface area contributed by atoms with Gasteiger partial charge in [0.1, 0.15) is 0 Å². The number of rotatable bonds is 2. The van der Waals surface area contributed by atoms with E-state index in [0.717, 1.165) is 0 Å². The molecular formula is C7H11N. The molecule has 1 heteroatoms. The Balaban J connectivity index is 2.33. The van der Waals surface area contributed by atoms with Gasteiger partial charge in [-0.2, -0.15) is 0 Å². The Morgan fingerprint density at radius 1 is 1.75 bits per heavy atom. The van der Waals surface area contributed by atoms with E-state index in [0.29, 0.717) is 0 Å². The Kier molecular flexibility index (Phi) is 1.73. The molecule has 1 rings (SSSR count). The number of hydrogen-bond acceptors (Lipinski definition) is 1. The van der Waals surface area contributed by atoms with Crippen molar-refractivity contribution < 1.29 is 0 Å². The molecular weight excluding hydrogens is 98.1 g/mol. The Bertz CT molecular complexity index is 114. The smallest absolute Gasteiger partial charge is 0.0106 e. The molecule has 0 aromatic carbocycles. The number of hydrogen-bond donors (Lipinski definition) is 1. The van der Waals surface area contributed by atoms with E-state index >= 15 is 0 Å². The summed E-state index contributed by atoms with van der Waals surface area (Å²) in [5.41, 5.74) is 1.33. The molecule has 1 nitrogen and oxygen atoms in total. The highest BCUT2D eigenvalue weighted by Gasteiger charge is 1.99. The zero-order valence-corrected chi connectivity index (χ0v) is 4.98. The molecule has 44 valence electrons. The summed E-state index contributed by atoms with van der Waals surface area (Å²) >= 11 is 0. The average Bonchev–Trinajstić information content (AvgIpc) is 2.19. The van der Waals surface area contributed by atoms with Gasteiger partial charge in [-0.15, -0.1) is 0 Å². The lowest BCUT2D eigenvalue weighted by molar-refractivity contribution is 0.866. The Hall–Kier alpha value is -0.720. The van der Waals surface area contributed by atoms with Crippen LogP contribution in [0, 0.1) is 0 Å². The predicted molar refractivity (Wildman–Crippen MR) is 35.3 cm³/mol. The second-order valence-electron chi connectivity index (χ2n) is 1.97. The summed E-state index contributed by atoms with van der Waals surface area (Å²) in [6, 6.07) is 0. The van der Waals surface area contributed by atoms with Crippen molar-refractivity contribution in [1.29, 1.82) is 0 Å². The van der Waals surface area contributed by atoms with Gasteiger partial charge in [0, 0.05) is 5.70 Å². The molecule has 8 heavy (non-hydrogen) atoms. The summed E-state index contributed by atoms with van der Waals surface area (Å²) in [6.45, 7) is 3.57. The maximum atomic E-state index is 3.57. The number of nitrogens with one attached hydrogen (secondary N) is 1. The van der Waals surface area contributed by atoms with Crippen LogP contribution in [0.3, 0.4) is 0 Å². The lowest BCUT2D eigenvalue weighted by atomic mass is 10.3. The first-order chi connectivity index (χ1) is 3.93. The zero-order valence-electron chi connectivity index (χ0n) is 4.98. The van der Waals surface area contributed by atoms with Gasteiger partial charge in [-0.3, -0.25) is 0 Å². The van der Waals surface area contributed by atoms with Crippen molar-refractivity contribution in [3.8, 4) is 0 Å². The van der Waals surface area contributed by atoms with Gasteiger partial charge in [0.25, 0.3) is 0 Å². The topological polar surface area (TPSA) is 12.0 Å². The minimum absolute atomic E-state index is 1.20. The fourth-order valence-electron chi connectivity index (χ4n) is 0.933. The minimum Gasteiger partial charge on any atom is -0.366 e. The second kappa shape index (κ2) is 2.55. The molecule has 0 unspecified atom stereocenters. The highest BCUT2D eigenvalue weighted by molar-refractivity contribution is 5.06. The van der Waals surface area contributed by atoms with Gasteiger partial charge in [0.05, 0.1) is 0 Å². The lowest BCUT2D eigenvalue weighted by Gasteiger charge is -1.96. The van der Waals surface area contributed by atoms with Gasteiger partial charge >= 0.3 is 0 Å². The summed E-state index contributed by atoms with van der Waals surface area (Å²) in [6.07, 6.45) is 7.69. The third-order valence-electron chi connectivity index (χ3n) is 1.33. The van der Waals surface area contributed by atoms with Crippen LogP contribution in [-0.4, -0.2) is 0 Å². The van der Waals surface area contributed by atoms with Crippen LogP contribution >= 0.6 is 0 Å². The summed E-state index contributed by atoms with van der Waals surface area (Å²) in [5, 5.41) is 3.07. The molecule has 0 bridgehead atoms. The highest BCUT2D eigenvalue weighted by Crippen LogP contribution is 2.13. The van der Waals surface area contributed by atoms with E-state index in [9.17, 15) is 0 Å². The van der Waals surface area contributed by atoms with Gasteiger partial charge in [0.15, 0.2) is 0 Å². The van der Waals surface area contributed by atoms with Crippen LogP contribution in [0.4, 0.5) is 0 Å². The molecule has 0 atom stereocenters. The van der Waals surface area contributed by atoms with E-state index in [1.165, 1.54) is 25.0 Å². The van der Waals surface area contributed by atoms with Crippen molar-refractivity contribution in [2.75, 3.05) is 0 Å². The molecule has 0 spiro atoms. The fraction of sp³-hybridized carbons (Fsp3) is 0.429. The summed E-state index contributed by atoms with van der Waals surface area (Å²) in [4.78, 5) is 0. The van der Waals surface area contributed by atoms with Crippen molar-refractivity contribution in [3.63, 3.8) is 0 Å². The molecule has 0 saturated carbocycles. The Morgan fingerprint density at radius 3 is 3.12 bits per heavy atom. The summed E-state index contributed by atoms with van der Waals surface area (Å²) in [5.74, 6) is 0. The minimum atomic E-state index is 1.20. The summed E-state index contributed by atoms with van der Waals surface area (Å²) < 4.78 is 0. The van der Waals surface area contributed by atoms with Gasteiger partial charge < -0.3 is 5.32 Å². The normalized spacial score (nSPS) is 17.8. The lowest BCUT2D eigenvalue weighted by Crippen LogP contribution is -1.99. The largest absolute Gasteiger partial charge is 0.366 e. The quantitative estimate of drug-likeness (QED) is 0.570. The molecule has 0 amide bonds. The molecule has 1 N–H and O–H groups in total. The van der Waals surface area contributed by atoms with E-state index in [1.807, 2.05) is 0 Å². The molecule has 0 aromatic heterocycles. The molecule has 1 aliphatic rings. The first kappa shape index (κ1) is 5.42. The molecule has 0 fully saturated rings. The maximum Gasteiger partial charge on any atom is 0.0106 e. The van der Waals surface area contributed by atoms with Crippen molar-refractivity contribution in [3.05, 3.63) is 24.6 Å². The van der Waals surface area contributed by atoms with Crippen LogP contribution in [0.15, 0.2) is 24.6 Å². The standard InChI is InChI=1S/C7H11N/c1-2-8-7-5-3-4-6-7/h2,5,8H,1,3-4,6H2. The highest BCUT2D eigenvalue weighted by atomic mass is 14.8. The van der Waals surface area contributed by atoms with Crippen molar-refractivity contribution in [1.82, 2.24) is 5.32 Å². The van der Waals surface area contributed by atoms with Gasteiger partial charge in [0.2, 0.25) is 0 Å². The Labute approximate surface area is 50.1 Å². The monoisotopic (exact) mass is 109 g/mol. The van der Waals surface area contributed by atoms with Gasteiger partial charge in [-0.25, -0.2) is 0 Å². The molecule has 0 heterocycles. The maximum absolute atomic E-state index is 3.57. The average molecular weight is 109 g/mol. The third kappa shape index (κ3) is 1.12. The van der Waals surface area contributed by atoms with Gasteiger partial charge in [-0.1, -0.05) is 12.7 Å². The first-order valence-electron chi connectivity index (χ1n) is 3.00. The van der Waals surface area contributed by atoms with Crippen LogP contribution in [0.2, 0.25) is 0 Å². The summed E-state index contributed by atoms with van der Waals surface area (Å²) in [7, 11) is 0. The van der Waals surface area contributed by atoms with Crippen molar-refractivity contribution in [2.24, 2.45) is 0 Å². The number of allylic oxidation sites excluding steroid dienone is 2. The molecule has 1 aliphatic carbocycles. The van der Waals surface area contributed by atoms with Crippen LogP contribution in [0.5, 0.6) is 0 Å². The van der Waals surface area contributed by atoms with Crippen LogP contribution in [0.1, 0.15) is 19.3 Å². The molecule has 0 aliphatic heterocycles. The zero-order chi connectivity index (χ0) is 5.82.